The van der Waals surface area contributed by atoms with Crippen LogP contribution in [0.15, 0.2) is 65.7 Å². The molecule has 1 N–H and O–H groups in total. The quantitative estimate of drug-likeness (QED) is 0.481. The predicted octanol–water partition coefficient (Wildman–Crippen LogP) is 4.73. The van der Waals surface area contributed by atoms with Crippen molar-refractivity contribution in [3.8, 4) is 11.3 Å². The van der Waals surface area contributed by atoms with Crippen LogP contribution >= 0.6 is 23.4 Å². The molecule has 0 saturated heterocycles. The second kappa shape index (κ2) is 8.79. The number of carbonyl (C=O) groups is 2. The third-order valence-corrected chi connectivity index (χ3v) is 4.86. The number of hydrogen-bond acceptors (Lipinski definition) is 5. The van der Waals surface area contributed by atoms with E-state index in [0.717, 1.165) is 11.3 Å². The maximum Gasteiger partial charge on any atom is 0.234 e. The van der Waals surface area contributed by atoms with Crippen molar-refractivity contribution < 1.29 is 9.59 Å². The van der Waals surface area contributed by atoms with Crippen LogP contribution in [0.5, 0.6) is 0 Å². The van der Waals surface area contributed by atoms with Gasteiger partial charge >= 0.3 is 0 Å². The van der Waals surface area contributed by atoms with Gasteiger partial charge < -0.3 is 5.32 Å². The number of aromatic nitrogens is 2. The van der Waals surface area contributed by atoms with Crippen LogP contribution in [0.1, 0.15) is 17.3 Å². The van der Waals surface area contributed by atoms with Crippen molar-refractivity contribution in [3.05, 3.63) is 71.2 Å². The van der Waals surface area contributed by atoms with Gasteiger partial charge in [-0.2, -0.15) is 0 Å². The summed E-state index contributed by atoms with van der Waals surface area (Å²) in [5.41, 5.74) is 2.81. The van der Waals surface area contributed by atoms with Crippen LogP contribution in [0.3, 0.4) is 0 Å². The molecule has 0 aliphatic rings. The second-order valence-corrected chi connectivity index (χ2v) is 7.17. The minimum atomic E-state index is -0.177. The Bertz CT molecular complexity index is 960. The molecule has 0 spiro atoms. The molecule has 1 heterocycles. The number of thioether (sulfide) groups is 1. The van der Waals surface area contributed by atoms with Gasteiger partial charge in [-0.25, -0.2) is 0 Å². The Morgan fingerprint density at radius 2 is 1.81 bits per heavy atom. The zero-order valence-electron chi connectivity index (χ0n) is 14.5. The Kier molecular flexibility index (Phi) is 6.21. The van der Waals surface area contributed by atoms with Crippen molar-refractivity contribution in [2.75, 3.05) is 11.1 Å². The molecule has 0 radical (unpaired) electrons. The van der Waals surface area contributed by atoms with Crippen LogP contribution < -0.4 is 5.32 Å². The zero-order valence-corrected chi connectivity index (χ0v) is 16.1. The van der Waals surface area contributed by atoms with Crippen LogP contribution in [0.2, 0.25) is 5.02 Å². The number of nitrogens with zero attached hydrogens (tertiary/aromatic N) is 2. The highest BCUT2D eigenvalue weighted by Gasteiger charge is 2.07. The first-order valence-corrected chi connectivity index (χ1v) is 9.51. The van der Waals surface area contributed by atoms with Crippen LogP contribution in [0.4, 0.5) is 5.69 Å². The molecule has 3 rings (SSSR count). The van der Waals surface area contributed by atoms with Gasteiger partial charge in [0, 0.05) is 21.8 Å². The largest absolute Gasteiger partial charge is 0.325 e. The number of ketones is 1. The summed E-state index contributed by atoms with van der Waals surface area (Å²) < 4.78 is 0. The number of rotatable bonds is 6. The van der Waals surface area contributed by atoms with Crippen LogP contribution in [0, 0.1) is 0 Å². The standard InChI is InChI=1S/C20H16ClN3O2S/c1-13(25)15-3-2-4-17(11-15)22-19(26)12-27-20-10-9-18(23-24-20)14-5-7-16(21)8-6-14/h2-11H,12H2,1H3,(H,22,26). The molecule has 1 amide bonds. The average Bonchev–Trinajstić information content (AvgIpc) is 2.68. The lowest BCUT2D eigenvalue weighted by molar-refractivity contribution is -0.113. The highest BCUT2D eigenvalue weighted by molar-refractivity contribution is 7.99. The molecule has 5 nitrogen and oxygen atoms in total. The smallest absolute Gasteiger partial charge is 0.234 e. The summed E-state index contributed by atoms with van der Waals surface area (Å²) >= 11 is 7.17. The van der Waals surface area contributed by atoms with Gasteiger partial charge in [-0.15, -0.1) is 10.2 Å². The van der Waals surface area contributed by atoms with Crippen LogP contribution in [0.25, 0.3) is 11.3 Å². The Hall–Kier alpha value is -2.70. The fourth-order valence-electron chi connectivity index (χ4n) is 2.32. The van der Waals surface area contributed by atoms with Crippen LogP contribution in [-0.4, -0.2) is 27.6 Å². The highest BCUT2D eigenvalue weighted by Crippen LogP contribution is 2.21. The van der Waals surface area contributed by atoms with E-state index < -0.39 is 0 Å². The Morgan fingerprint density at radius 1 is 1.04 bits per heavy atom. The minimum Gasteiger partial charge on any atom is -0.325 e. The molecule has 0 saturated carbocycles. The van der Waals surface area contributed by atoms with Crippen molar-refractivity contribution in [2.45, 2.75) is 11.9 Å². The molecule has 3 aromatic rings. The van der Waals surface area contributed by atoms with E-state index in [1.807, 2.05) is 24.3 Å². The number of benzene rings is 2. The first-order valence-electron chi connectivity index (χ1n) is 8.14. The van der Waals surface area contributed by atoms with Gasteiger partial charge in [0.1, 0.15) is 5.03 Å². The summed E-state index contributed by atoms with van der Waals surface area (Å²) in [6.07, 6.45) is 0. The minimum absolute atomic E-state index is 0.0449. The SMILES string of the molecule is CC(=O)c1cccc(NC(=O)CSc2ccc(-c3ccc(Cl)cc3)nn2)c1. The summed E-state index contributed by atoms with van der Waals surface area (Å²) in [4.78, 5) is 23.5. The van der Waals surface area contributed by atoms with Crippen molar-refractivity contribution in [1.29, 1.82) is 0 Å². The van der Waals surface area contributed by atoms with Gasteiger partial charge in [0.25, 0.3) is 0 Å². The number of anilines is 1. The van der Waals surface area contributed by atoms with E-state index in [-0.39, 0.29) is 17.4 Å². The molecular formula is C20H16ClN3O2S. The van der Waals surface area contributed by atoms with Crippen molar-refractivity contribution >= 4 is 40.7 Å². The molecule has 27 heavy (non-hydrogen) atoms. The maximum absolute atomic E-state index is 12.1. The molecule has 0 atom stereocenters. The van der Waals surface area contributed by atoms with Gasteiger partial charge in [0.15, 0.2) is 5.78 Å². The summed E-state index contributed by atoms with van der Waals surface area (Å²) in [5, 5.41) is 12.4. The average molecular weight is 398 g/mol. The lowest BCUT2D eigenvalue weighted by Gasteiger charge is -2.06. The topological polar surface area (TPSA) is 72.0 Å². The van der Waals surface area contributed by atoms with E-state index >= 15 is 0 Å². The van der Waals surface area contributed by atoms with Crippen molar-refractivity contribution in [3.63, 3.8) is 0 Å². The molecule has 7 heteroatoms. The normalized spacial score (nSPS) is 10.4. The molecule has 0 bridgehead atoms. The molecule has 1 aromatic heterocycles. The third-order valence-electron chi connectivity index (χ3n) is 3.68. The predicted molar refractivity (Wildman–Crippen MR) is 108 cm³/mol. The Morgan fingerprint density at radius 3 is 2.48 bits per heavy atom. The van der Waals surface area contributed by atoms with E-state index in [0.29, 0.717) is 21.3 Å². The molecule has 0 fully saturated rings. The van der Waals surface area contributed by atoms with Crippen molar-refractivity contribution in [1.82, 2.24) is 10.2 Å². The van der Waals surface area contributed by atoms with Gasteiger partial charge in [-0.3, -0.25) is 9.59 Å². The number of Topliss-reactive ketones (excluding diaryl/α,β-unsaturated/α-hetero) is 1. The number of carbonyl (C=O) groups excluding carboxylic acids is 2. The lowest BCUT2D eigenvalue weighted by atomic mass is 10.1. The lowest BCUT2D eigenvalue weighted by Crippen LogP contribution is -2.14. The van der Waals surface area contributed by atoms with E-state index in [9.17, 15) is 9.59 Å². The third kappa shape index (κ3) is 5.39. The summed E-state index contributed by atoms with van der Waals surface area (Å²) in [6.45, 7) is 1.49. The number of halogens is 1. The van der Waals surface area contributed by atoms with Crippen LogP contribution in [-0.2, 0) is 4.79 Å². The maximum atomic E-state index is 12.1. The summed E-state index contributed by atoms with van der Waals surface area (Å²) in [5.74, 6) is -0.0278. The summed E-state index contributed by atoms with van der Waals surface area (Å²) in [7, 11) is 0. The second-order valence-electron chi connectivity index (χ2n) is 5.74. The van der Waals surface area contributed by atoms with E-state index in [4.69, 9.17) is 11.6 Å². The fraction of sp³-hybridized carbons (Fsp3) is 0.100. The van der Waals surface area contributed by atoms with E-state index in [2.05, 4.69) is 15.5 Å². The van der Waals surface area contributed by atoms with Gasteiger partial charge in [-0.1, -0.05) is 47.6 Å². The molecule has 0 aliphatic carbocycles. The van der Waals surface area contributed by atoms with Gasteiger partial charge in [0.05, 0.1) is 11.4 Å². The molecule has 0 aliphatic heterocycles. The van der Waals surface area contributed by atoms with E-state index in [1.165, 1.54) is 18.7 Å². The number of amides is 1. The van der Waals surface area contributed by atoms with Crippen molar-refractivity contribution in [2.24, 2.45) is 0 Å². The monoisotopic (exact) mass is 397 g/mol. The molecule has 2 aromatic carbocycles. The highest BCUT2D eigenvalue weighted by atomic mass is 35.5. The molecule has 136 valence electrons. The first-order chi connectivity index (χ1) is 13.0. The number of nitrogens with one attached hydrogen (secondary N) is 1. The van der Waals surface area contributed by atoms with Gasteiger partial charge in [-0.05, 0) is 43.3 Å². The van der Waals surface area contributed by atoms with E-state index in [1.54, 1.807) is 36.4 Å². The first kappa shape index (κ1) is 19.1. The Balaban J connectivity index is 1.56. The molecule has 0 unspecified atom stereocenters. The summed E-state index contributed by atoms with van der Waals surface area (Å²) in [6, 6.07) is 17.9. The number of hydrogen-bond donors (Lipinski definition) is 1. The zero-order chi connectivity index (χ0) is 19.2. The van der Waals surface area contributed by atoms with Gasteiger partial charge in [0.2, 0.25) is 5.91 Å². The fourth-order valence-corrected chi connectivity index (χ4v) is 3.06. The Labute approximate surface area is 166 Å². The molecular weight excluding hydrogens is 382 g/mol.